The normalized spacial score (nSPS) is 22.6. The van der Waals surface area contributed by atoms with Crippen LogP contribution >= 0.6 is 11.6 Å². The van der Waals surface area contributed by atoms with Crippen molar-refractivity contribution >= 4 is 29.3 Å². The minimum Gasteiger partial charge on any atom is -0.463 e. The van der Waals surface area contributed by atoms with Gasteiger partial charge in [-0.2, -0.15) is 0 Å². The van der Waals surface area contributed by atoms with Crippen LogP contribution in [0.2, 0.25) is 0 Å². The predicted octanol–water partition coefficient (Wildman–Crippen LogP) is 5.24. The lowest BCUT2D eigenvalue weighted by Gasteiger charge is -2.27. The van der Waals surface area contributed by atoms with Crippen LogP contribution in [0.1, 0.15) is 62.3 Å². The van der Waals surface area contributed by atoms with Crippen LogP contribution in [0, 0.1) is 0 Å². The number of allylic oxidation sites excluding steroid dienone is 3. The molecule has 1 N–H and O–H groups in total. The molecule has 166 valence electrons. The van der Waals surface area contributed by atoms with E-state index in [1.165, 1.54) is 35.1 Å². The molecule has 3 aliphatic rings. The number of carbonyl (C=O) groups excluding carboxylic acids is 1. The molecule has 0 bridgehead atoms. The minimum atomic E-state index is -1.29. The van der Waals surface area contributed by atoms with E-state index in [1.54, 1.807) is 13.0 Å². The molecule has 1 unspecified atom stereocenters. The Morgan fingerprint density at radius 2 is 1.90 bits per heavy atom. The van der Waals surface area contributed by atoms with Crippen molar-refractivity contribution < 1.29 is 14.3 Å². The third kappa shape index (κ3) is 4.12. The number of rotatable bonds is 6. The Morgan fingerprint density at radius 1 is 1.23 bits per heavy atom. The number of carbonyl (C=O) groups is 1. The lowest BCUT2D eigenvalue weighted by Crippen LogP contribution is -2.45. The van der Waals surface area contributed by atoms with Crippen LogP contribution in [0.3, 0.4) is 0 Å². The summed E-state index contributed by atoms with van der Waals surface area (Å²) in [6.07, 6.45) is 11.2. The van der Waals surface area contributed by atoms with Crippen molar-refractivity contribution in [1.29, 1.82) is 0 Å². The molecule has 1 aliphatic heterocycles. The van der Waals surface area contributed by atoms with Crippen LogP contribution in [-0.4, -0.2) is 30.7 Å². The summed E-state index contributed by atoms with van der Waals surface area (Å²) in [5.41, 5.74) is 6.16. The number of hydrogen-bond acceptors (Lipinski definition) is 5. The second-order valence-corrected chi connectivity index (χ2v) is 8.89. The van der Waals surface area contributed by atoms with Gasteiger partial charge in [0.25, 0.3) is 6.02 Å². The Hall–Kier alpha value is -2.27. The number of amidine groups is 1. The zero-order valence-electron chi connectivity index (χ0n) is 18.6. The molecular weight excluding hydrogens is 412 g/mol. The first-order chi connectivity index (χ1) is 15.0. The largest absolute Gasteiger partial charge is 0.463 e. The number of esters is 1. The maximum atomic E-state index is 13.0. The highest BCUT2D eigenvalue weighted by molar-refractivity contribution is 6.31. The molecule has 1 aromatic rings. The molecule has 2 aliphatic carbocycles. The Balaban J connectivity index is 1.63. The van der Waals surface area contributed by atoms with Gasteiger partial charge in [0.05, 0.1) is 13.2 Å². The van der Waals surface area contributed by atoms with Crippen molar-refractivity contribution in [2.75, 3.05) is 18.5 Å². The Kier molecular flexibility index (Phi) is 6.42. The number of nitrogens with zero attached hydrogens (tertiary/aromatic N) is 1. The van der Waals surface area contributed by atoms with E-state index in [9.17, 15) is 4.79 Å². The smallest absolute Gasteiger partial charge is 0.357 e. The minimum absolute atomic E-state index is 0.171. The van der Waals surface area contributed by atoms with Crippen LogP contribution in [0.4, 0.5) is 5.69 Å². The molecule has 31 heavy (non-hydrogen) atoms. The molecule has 6 heteroatoms. The fourth-order valence-electron chi connectivity index (χ4n) is 4.85. The van der Waals surface area contributed by atoms with Crippen molar-refractivity contribution in [3.05, 3.63) is 51.1 Å². The number of benzene rings is 1. The van der Waals surface area contributed by atoms with E-state index < -0.39 is 11.6 Å². The fourth-order valence-corrected chi connectivity index (χ4v) is 5.17. The molecule has 1 atom stereocenters. The summed E-state index contributed by atoms with van der Waals surface area (Å²) in [5.74, 6) is -0.436. The average molecular weight is 443 g/mol. The van der Waals surface area contributed by atoms with Crippen molar-refractivity contribution in [2.24, 2.45) is 4.99 Å². The van der Waals surface area contributed by atoms with Crippen molar-refractivity contribution in [1.82, 2.24) is 0 Å². The first kappa shape index (κ1) is 21.9. The number of aliphatic imine (C=N–C) groups is 1. The van der Waals surface area contributed by atoms with Gasteiger partial charge in [-0.25, -0.2) is 9.79 Å². The quantitative estimate of drug-likeness (QED) is 0.483. The van der Waals surface area contributed by atoms with Gasteiger partial charge in [-0.1, -0.05) is 30.7 Å². The third-order valence-corrected chi connectivity index (χ3v) is 6.68. The number of halogens is 1. The summed E-state index contributed by atoms with van der Waals surface area (Å²) in [7, 11) is 0. The highest BCUT2D eigenvalue weighted by Gasteiger charge is 2.49. The molecule has 0 radical (unpaired) electrons. The molecule has 0 saturated heterocycles. The first-order valence-electron chi connectivity index (χ1n) is 11.4. The topological polar surface area (TPSA) is 59.9 Å². The molecule has 0 spiro atoms. The summed E-state index contributed by atoms with van der Waals surface area (Å²) in [5, 5.41) is 4.05. The maximum Gasteiger partial charge on any atom is 0.357 e. The Bertz CT molecular complexity index is 947. The van der Waals surface area contributed by atoms with E-state index in [0.717, 1.165) is 37.8 Å². The number of nitrogens with one attached hydrogen (secondary N) is 1. The summed E-state index contributed by atoms with van der Waals surface area (Å²) in [6.45, 7) is 6.10. The highest BCUT2D eigenvalue weighted by atomic mass is 35.5. The number of anilines is 1. The summed E-state index contributed by atoms with van der Waals surface area (Å²) >= 11 is 6.32. The second kappa shape index (κ2) is 9.07. The predicted molar refractivity (Wildman–Crippen MR) is 125 cm³/mol. The van der Waals surface area contributed by atoms with Gasteiger partial charge in [-0.3, -0.25) is 0 Å². The van der Waals surface area contributed by atoms with Gasteiger partial charge in [0.2, 0.25) is 5.60 Å². The van der Waals surface area contributed by atoms with E-state index in [-0.39, 0.29) is 13.2 Å². The highest BCUT2D eigenvalue weighted by Crippen LogP contribution is 2.39. The zero-order valence-corrected chi connectivity index (χ0v) is 19.4. The first-order valence-corrected chi connectivity index (χ1v) is 11.7. The van der Waals surface area contributed by atoms with Crippen LogP contribution in [0.25, 0.3) is 0 Å². The Morgan fingerprint density at radius 3 is 2.52 bits per heavy atom. The van der Waals surface area contributed by atoms with Crippen molar-refractivity contribution in [3.63, 3.8) is 0 Å². The van der Waals surface area contributed by atoms with Crippen molar-refractivity contribution in [2.45, 2.75) is 71.3 Å². The van der Waals surface area contributed by atoms with E-state index in [1.807, 2.05) is 19.9 Å². The standard InChI is InChI=1S/C25H31ClN2O3/c1-4-8-19(26)13-16(3)25(23(29)30-5-2)15-27-24(31-25)28-22-20-11-6-9-17(20)14-18-10-7-12-21(18)22/h8,13-14H,4-7,9-12,15H2,1-3H3,(H,27,28)/b16-13+,19-8+. The number of fused-ring (bicyclic) bond motifs is 2. The molecule has 1 heterocycles. The number of hydrogen-bond donors (Lipinski definition) is 1. The van der Waals surface area contributed by atoms with E-state index in [4.69, 9.17) is 21.1 Å². The molecular formula is C25H31ClN2O3. The van der Waals surface area contributed by atoms with Gasteiger partial charge >= 0.3 is 5.97 Å². The average Bonchev–Trinajstić information content (AvgIpc) is 3.47. The fraction of sp³-hybridized carbons (Fsp3) is 0.520. The summed E-state index contributed by atoms with van der Waals surface area (Å²) in [6, 6.07) is 2.77. The number of ether oxygens (including phenoxy) is 2. The van der Waals surface area contributed by atoms with Crippen LogP contribution in [0.5, 0.6) is 0 Å². The Labute approximate surface area is 189 Å². The van der Waals surface area contributed by atoms with E-state index in [0.29, 0.717) is 16.6 Å². The maximum absolute atomic E-state index is 13.0. The molecule has 0 aromatic heterocycles. The molecule has 0 fully saturated rings. The van der Waals surface area contributed by atoms with Crippen LogP contribution < -0.4 is 5.32 Å². The molecule has 4 rings (SSSR count). The van der Waals surface area contributed by atoms with Crippen LogP contribution in [-0.2, 0) is 40.0 Å². The van der Waals surface area contributed by atoms with Gasteiger partial charge in [-0.05, 0) is 92.7 Å². The van der Waals surface area contributed by atoms with Crippen molar-refractivity contribution in [3.8, 4) is 0 Å². The van der Waals surface area contributed by atoms with Gasteiger partial charge in [0.1, 0.15) is 0 Å². The lowest BCUT2D eigenvalue weighted by molar-refractivity contribution is -0.157. The van der Waals surface area contributed by atoms with Gasteiger partial charge < -0.3 is 14.8 Å². The molecule has 0 saturated carbocycles. The van der Waals surface area contributed by atoms with Gasteiger partial charge in [0, 0.05) is 10.7 Å². The lowest BCUT2D eigenvalue weighted by atomic mass is 9.94. The zero-order chi connectivity index (χ0) is 22.0. The van der Waals surface area contributed by atoms with Crippen LogP contribution in [0.15, 0.2) is 33.8 Å². The van der Waals surface area contributed by atoms with E-state index in [2.05, 4.69) is 16.4 Å². The SMILES string of the molecule is CC/C=C(Cl)\C=C(/C)C1(C(=O)OCC)CN=C(Nc2c3c(cc4c2CCC4)CCC3)O1. The van der Waals surface area contributed by atoms with Gasteiger partial charge in [-0.15, -0.1) is 0 Å². The number of aryl methyl sites for hydroxylation is 2. The summed E-state index contributed by atoms with van der Waals surface area (Å²) < 4.78 is 11.6. The molecule has 1 aromatic carbocycles. The molecule has 5 nitrogen and oxygen atoms in total. The third-order valence-electron chi connectivity index (χ3n) is 6.42. The monoisotopic (exact) mass is 442 g/mol. The van der Waals surface area contributed by atoms with Gasteiger partial charge in [0.15, 0.2) is 0 Å². The van der Waals surface area contributed by atoms with E-state index >= 15 is 0 Å². The second-order valence-electron chi connectivity index (χ2n) is 8.45. The molecule has 0 amide bonds. The summed E-state index contributed by atoms with van der Waals surface area (Å²) in [4.78, 5) is 17.6.